The van der Waals surface area contributed by atoms with Crippen molar-refractivity contribution in [1.29, 1.82) is 0 Å². The zero-order valence-corrected chi connectivity index (χ0v) is 12.6. The van der Waals surface area contributed by atoms with E-state index in [2.05, 4.69) is 16.7 Å². The Balaban J connectivity index is 2.40. The lowest BCUT2D eigenvalue weighted by molar-refractivity contribution is 0.0524. The van der Waals surface area contributed by atoms with Crippen molar-refractivity contribution >= 4 is 9.84 Å². The highest BCUT2D eigenvalue weighted by molar-refractivity contribution is 7.90. The van der Waals surface area contributed by atoms with Crippen molar-refractivity contribution in [3.8, 4) is 0 Å². The molecule has 0 aliphatic carbocycles. The van der Waals surface area contributed by atoms with Gasteiger partial charge in [-0.1, -0.05) is 6.92 Å². The van der Waals surface area contributed by atoms with Gasteiger partial charge in [-0.25, -0.2) is 8.42 Å². The Kier molecular flexibility index (Phi) is 6.55. The molecule has 6 heteroatoms. The van der Waals surface area contributed by atoms with E-state index in [1.165, 1.54) is 6.26 Å². The Morgan fingerprint density at radius 3 is 2.56 bits per heavy atom. The fourth-order valence-electron chi connectivity index (χ4n) is 2.35. The Hall–Kier alpha value is -0.170. The SMILES string of the molecule is CCC1CN(CCS(C)(=O)=O)CCN1CCOC. The molecule has 1 saturated heterocycles. The highest BCUT2D eigenvalue weighted by atomic mass is 32.2. The predicted molar refractivity (Wildman–Crippen MR) is 73.7 cm³/mol. The van der Waals surface area contributed by atoms with Gasteiger partial charge < -0.3 is 4.74 Å². The average molecular weight is 278 g/mol. The maximum atomic E-state index is 11.2. The fourth-order valence-corrected chi connectivity index (χ4v) is 2.94. The van der Waals surface area contributed by atoms with Crippen molar-refractivity contribution in [2.75, 3.05) is 58.4 Å². The Labute approximate surface area is 111 Å². The van der Waals surface area contributed by atoms with Crippen LogP contribution >= 0.6 is 0 Å². The molecule has 0 aromatic heterocycles. The smallest absolute Gasteiger partial charge is 0.148 e. The van der Waals surface area contributed by atoms with Gasteiger partial charge in [0.1, 0.15) is 9.84 Å². The minimum absolute atomic E-state index is 0.265. The van der Waals surface area contributed by atoms with Gasteiger partial charge in [0.05, 0.1) is 12.4 Å². The van der Waals surface area contributed by atoms with Gasteiger partial charge >= 0.3 is 0 Å². The van der Waals surface area contributed by atoms with E-state index in [-0.39, 0.29) is 5.75 Å². The third kappa shape index (κ3) is 5.65. The second-order valence-electron chi connectivity index (χ2n) is 5.02. The van der Waals surface area contributed by atoms with Crippen LogP contribution in [0.4, 0.5) is 0 Å². The summed E-state index contributed by atoms with van der Waals surface area (Å²) in [6, 6.07) is 0.522. The highest BCUT2D eigenvalue weighted by Crippen LogP contribution is 2.12. The second-order valence-corrected chi connectivity index (χ2v) is 7.28. The Morgan fingerprint density at radius 1 is 1.28 bits per heavy atom. The molecule has 108 valence electrons. The van der Waals surface area contributed by atoms with Gasteiger partial charge in [-0.3, -0.25) is 9.80 Å². The summed E-state index contributed by atoms with van der Waals surface area (Å²) in [6.07, 6.45) is 2.40. The molecule has 1 rings (SSSR count). The lowest BCUT2D eigenvalue weighted by Gasteiger charge is -2.41. The van der Waals surface area contributed by atoms with Crippen LogP contribution in [0.25, 0.3) is 0 Å². The molecule has 0 amide bonds. The molecule has 1 aliphatic rings. The number of sulfone groups is 1. The molecule has 0 aromatic rings. The maximum Gasteiger partial charge on any atom is 0.148 e. The predicted octanol–water partition coefficient (Wildman–Crippen LogP) is 0.0736. The van der Waals surface area contributed by atoms with Crippen LogP contribution in [0.2, 0.25) is 0 Å². The van der Waals surface area contributed by atoms with Gasteiger partial charge in [-0.2, -0.15) is 0 Å². The molecule has 5 nitrogen and oxygen atoms in total. The van der Waals surface area contributed by atoms with Crippen LogP contribution in [0.5, 0.6) is 0 Å². The zero-order chi connectivity index (χ0) is 13.6. The van der Waals surface area contributed by atoms with Crippen LogP contribution < -0.4 is 0 Å². The summed E-state index contributed by atoms with van der Waals surface area (Å²) < 4.78 is 27.5. The summed E-state index contributed by atoms with van der Waals surface area (Å²) in [7, 11) is -1.13. The Bertz CT molecular complexity index is 332. The van der Waals surface area contributed by atoms with E-state index in [1.54, 1.807) is 7.11 Å². The van der Waals surface area contributed by atoms with Crippen LogP contribution in [0.1, 0.15) is 13.3 Å². The minimum Gasteiger partial charge on any atom is -0.383 e. The molecular weight excluding hydrogens is 252 g/mol. The number of nitrogens with zero attached hydrogens (tertiary/aromatic N) is 2. The summed E-state index contributed by atoms with van der Waals surface area (Å²) in [5.74, 6) is 0.265. The number of hydrogen-bond donors (Lipinski definition) is 0. The monoisotopic (exact) mass is 278 g/mol. The molecule has 1 fully saturated rings. The van der Waals surface area contributed by atoms with Gasteiger partial charge in [0, 0.05) is 52.1 Å². The van der Waals surface area contributed by atoms with Crippen LogP contribution in [0.15, 0.2) is 0 Å². The standard InChI is InChI=1S/C12H26N2O3S/c1-4-12-11-13(8-10-18(3,15)16)5-6-14(12)7-9-17-2/h12H,4-11H2,1-3H3. The van der Waals surface area contributed by atoms with Gasteiger partial charge in [-0.15, -0.1) is 0 Å². The summed E-state index contributed by atoms with van der Waals surface area (Å²) in [5.41, 5.74) is 0. The molecule has 0 radical (unpaired) electrons. The van der Waals surface area contributed by atoms with Crippen LogP contribution in [0, 0.1) is 0 Å². The maximum absolute atomic E-state index is 11.2. The minimum atomic E-state index is -2.85. The molecule has 1 unspecified atom stereocenters. The van der Waals surface area contributed by atoms with E-state index in [4.69, 9.17) is 4.74 Å². The summed E-state index contributed by atoms with van der Waals surface area (Å²) >= 11 is 0. The Morgan fingerprint density at radius 2 is 2.00 bits per heavy atom. The highest BCUT2D eigenvalue weighted by Gasteiger charge is 2.25. The number of ether oxygens (including phenoxy) is 1. The molecule has 18 heavy (non-hydrogen) atoms. The molecule has 0 spiro atoms. The van der Waals surface area contributed by atoms with Crippen molar-refractivity contribution < 1.29 is 13.2 Å². The molecule has 1 aliphatic heterocycles. The summed E-state index contributed by atoms with van der Waals surface area (Å²) in [6.45, 7) is 7.50. The third-order valence-corrected chi connectivity index (χ3v) is 4.45. The number of hydrogen-bond acceptors (Lipinski definition) is 5. The van der Waals surface area contributed by atoms with E-state index >= 15 is 0 Å². The van der Waals surface area contributed by atoms with Gasteiger partial charge in [0.2, 0.25) is 0 Å². The molecule has 0 N–H and O–H groups in total. The first-order chi connectivity index (χ1) is 8.46. The summed E-state index contributed by atoms with van der Waals surface area (Å²) in [5, 5.41) is 0. The zero-order valence-electron chi connectivity index (χ0n) is 11.8. The van der Waals surface area contributed by atoms with E-state index < -0.39 is 9.84 Å². The molecule has 1 heterocycles. The largest absolute Gasteiger partial charge is 0.383 e. The van der Waals surface area contributed by atoms with Crippen molar-refractivity contribution in [3.63, 3.8) is 0 Å². The first-order valence-electron chi connectivity index (χ1n) is 6.59. The van der Waals surface area contributed by atoms with E-state index in [0.29, 0.717) is 12.6 Å². The summed E-state index contributed by atoms with van der Waals surface area (Å²) in [4.78, 5) is 4.71. The number of rotatable bonds is 7. The van der Waals surface area contributed by atoms with Crippen molar-refractivity contribution in [2.24, 2.45) is 0 Å². The first kappa shape index (κ1) is 15.9. The van der Waals surface area contributed by atoms with Gasteiger partial charge in [0.15, 0.2) is 0 Å². The third-order valence-electron chi connectivity index (χ3n) is 3.52. The van der Waals surface area contributed by atoms with Crippen molar-refractivity contribution in [1.82, 2.24) is 9.80 Å². The topological polar surface area (TPSA) is 49.9 Å². The normalized spacial score (nSPS) is 23.4. The molecule has 1 atom stereocenters. The van der Waals surface area contributed by atoms with Crippen LogP contribution in [-0.4, -0.2) is 82.7 Å². The number of piperazine rings is 1. The number of methoxy groups -OCH3 is 1. The van der Waals surface area contributed by atoms with Crippen LogP contribution in [-0.2, 0) is 14.6 Å². The molecular formula is C12H26N2O3S. The van der Waals surface area contributed by atoms with E-state index in [9.17, 15) is 8.42 Å². The van der Waals surface area contributed by atoms with Gasteiger partial charge in [0.25, 0.3) is 0 Å². The average Bonchev–Trinajstić information content (AvgIpc) is 2.33. The molecule has 0 aromatic carbocycles. The molecule has 0 bridgehead atoms. The van der Waals surface area contributed by atoms with Gasteiger partial charge in [-0.05, 0) is 6.42 Å². The van der Waals surface area contributed by atoms with Crippen LogP contribution in [0.3, 0.4) is 0 Å². The lowest BCUT2D eigenvalue weighted by atomic mass is 10.1. The van der Waals surface area contributed by atoms with Crippen molar-refractivity contribution in [2.45, 2.75) is 19.4 Å². The first-order valence-corrected chi connectivity index (χ1v) is 8.65. The second kappa shape index (κ2) is 7.43. The fraction of sp³-hybridized carbons (Fsp3) is 1.00. The van der Waals surface area contributed by atoms with E-state index in [1.807, 2.05) is 0 Å². The van der Waals surface area contributed by atoms with E-state index in [0.717, 1.165) is 39.2 Å². The lowest BCUT2D eigenvalue weighted by Crippen LogP contribution is -2.54. The van der Waals surface area contributed by atoms with Crippen molar-refractivity contribution in [3.05, 3.63) is 0 Å². The molecule has 0 saturated carbocycles. The quantitative estimate of drug-likeness (QED) is 0.660.